The number of nitriles is 1. The predicted octanol–water partition coefficient (Wildman–Crippen LogP) is 6.50. The third-order valence-electron chi connectivity index (χ3n) is 6.12. The molecule has 0 fully saturated rings. The van der Waals surface area contributed by atoms with Gasteiger partial charge in [0.05, 0.1) is 27.2 Å². The Morgan fingerprint density at radius 2 is 1.76 bits per heavy atom. The molecule has 38 heavy (non-hydrogen) atoms. The average molecular weight is 521 g/mol. The molecule has 2 aromatic heterocycles. The number of hydrogen-bond donors (Lipinski definition) is 0. The topological polar surface area (TPSA) is 98.0 Å². The van der Waals surface area contributed by atoms with Crippen molar-refractivity contribution < 1.29 is 14.3 Å². The molecule has 0 saturated heterocycles. The number of rotatable bonds is 8. The van der Waals surface area contributed by atoms with Gasteiger partial charge in [0.1, 0.15) is 30.8 Å². The molecule has 0 aliphatic heterocycles. The van der Waals surface area contributed by atoms with E-state index >= 15 is 0 Å². The summed E-state index contributed by atoms with van der Waals surface area (Å²) in [5.74, 6) is 0.714. The van der Waals surface area contributed by atoms with Crippen LogP contribution in [-0.4, -0.2) is 21.2 Å². The first-order valence-electron chi connectivity index (χ1n) is 11.7. The lowest BCUT2D eigenvalue weighted by Gasteiger charge is -2.15. The second-order valence-corrected chi connectivity index (χ2v) is 8.97. The summed E-state index contributed by atoms with van der Waals surface area (Å²) in [6.07, 6.45) is 7.11. The van der Waals surface area contributed by atoms with E-state index in [1.807, 2.05) is 43.3 Å². The SMILES string of the molecule is Cc1c(COc2cc(OCc3cncc(C#N)c3)c(C=O)cc2Cl)cccc1-c1ccc2nccnc2c1. The van der Waals surface area contributed by atoms with Gasteiger partial charge in [0.2, 0.25) is 0 Å². The Hall–Kier alpha value is -4.80. The molecule has 0 saturated carbocycles. The van der Waals surface area contributed by atoms with Crippen molar-refractivity contribution in [3.63, 3.8) is 0 Å². The molecule has 3 aromatic carbocycles. The van der Waals surface area contributed by atoms with Crippen LogP contribution in [0.1, 0.15) is 32.6 Å². The Balaban J connectivity index is 1.36. The van der Waals surface area contributed by atoms with E-state index in [1.54, 1.807) is 30.7 Å². The first-order valence-corrected chi connectivity index (χ1v) is 12.1. The maximum absolute atomic E-state index is 11.6. The molecule has 0 bridgehead atoms. The summed E-state index contributed by atoms with van der Waals surface area (Å²) in [7, 11) is 0. The summed E-state index contributed by atoms with van der Waals surface area (Å²) in [6, 6.07) is 18.9. The van der Waals surface area contributed by atoms with Crippen LogP contribution in [0.3, 0.4) is 0 Å². The van der Waals surface area contributed by atoms with Crippen LogP contribution in [0.4, 0.5) is 0 Å². The highest BCUT2D eigenvalue weighted by Crippen LogP contribution is 2.34. The quantitative estimate of drug-likeness (QED) is 0.215. The fourth-order valence-electron chi connectivity index (χ4n) is 4.11. The van der Waals surface area contributed by atoms with Crippen molar-refractivity contribution in [2.45, 2.75) is 20.1 Å². The molecule has 186 valence electrons. The van der Waals surface area contributed by atoms with E-state index in [0.717, 1.165) is 33.3 Å². The van der Waals surface area contributed by atoms with E-state index in [9.17, 15) is 4.79 Å². The second-order valence-electron chi connectivity index (χ2n) is 8.56. The molecule has 0 aliphatic carbocycles. The number of aldehydes is 1. The first-order chi connectivity index (χ1) is 18.6. The summed E-state index contributed by atoms with van der Waals surface area (Å²) in [5, 5.41) is 9.38. The van der Waals surface area contributed by atoms with E-state index in [4.69, 9.17) is 26.3 Å². The Bertz CT molecular complexity index is 1700. The van der Waals surface area contributed by atoms with Gasteiger partial charge in [-0.15, -0.1) is 0 Å². The molecular formula is C30H21ClN4O3. The van der Waals surface area contributed by atoms with Crippen LogP contribution in [0.2, 0.25) is 5.02 Å². The predicted molar refractivity (Wildman–Crippen MR) is 144 cm³/mol. The number of aromatic nitrogens is 3. The van der Waals surface area contributed by atoms with Gasteiger partial charge in [0.25, 0.3) is 0 Å². The highest BCUT2D eigenvalue weighted by atomic mass is 35.5. The Morgan fingerprint density at radius 1 is 0.947 bits per heavy atom. The van der Waals surface area contributed by atoms with Gasteiger partial charge in [-0.05, 0) is 53.4 Å². The van der Waals surface area contributed by atoms with Gasteiger partial charge >= 0.3 is 0 Å². The minimum absolute atomic E-state index is 0.127. The van der Waals surface area contributed by atoms with Gasteiger partial charge in [-0.1, -0.05) is 35.9 Å². The van der Waals surface area contributed by atoms with E-state index in [2.05, 4.69) is 21.0 Å². The number of nitrogens with zero attached hydrogens (tertiary/aromatic N) is 4. The minimum atomic E-state index is 0.127. The van der Waals surface area contributed by atoms with Crippen LogP contribution in [-0.2, 0) is 13.2 Å². The van der Waals surface area contributed by atoms with Gasteiger partial charge in [-0.2, -0.15) is 5.26 Å². The number of carbonyl (C=O) groups is 1. The molecule has 7 nitrogen and oxygen atoms in total. The monoisotopic (exact) mass is 520 g/mol. The van der Waals surface area contributed by atoms with Crippen molar-refractivity contribution in [3.8, 4) is 28.7 Å². The summed E-state index contributed by atoms with van der Waals surface area (Å²) >= 11 is 6.43. The highest BCUT2D eigenvalue weighted by Gasteiger charge is 2.14. The fraction of sp³-hybridized carbons (Fsp3) is 0.100. The number of halogens is 1. The zero-order valence-corrected chi connectivity index (χ0v) is 21.1. The summed E-state index contributed by atoms with van der Waals surface area (Å²) < 4.78 is 12.0. The number of ether oxygens (including phenoxy) is 2. The summed E-state index contributed by atoms with van der Waals surface area (Å²) in [4.78, 5) is 24.4. The summed E-state index contributed by atoms with van der Waals surface area (Å²) in [6.45, 7) is 2.44. The lowest BCUT2D eigenvalue weighted by molar-refractivity contribution is 0.111. The second kappa shape index (κ2) is 11.1. The zero-order chi connectivity index (χ0) is 26.5. The number of hydrogen-bond acceptors (Lipinski definition) is 7. The van der Waals surface area contributed by atoms with Crippen molar-refractivity contribution >= 4 is 28.9 Å². The van der Waals surface area contributed by atoms with Crippen molar-refractivity contribution in [3.05, 3.63) is 112 Å². The van der Waals surface area contributed by atoms with Gasteiger partial charge in [-0.3, -0.25) is 19.7 Å². The van der Waals surface area contributed by atoms with Crippen LogP contribution in [0.5, 0.6) is 11.5 Å². The minimum Gasteiger partial charge on any atom is -0.488 e. The van der Waals surface area contributed by atoms with Crippen LogP contribution >= 0.6 is 11.6 Å². The molecule has 0 atom stereocenters. The molecule has 5 aromatic rings. The molecule has 2 heterocycles. The van der Waals surface area contributed by atoms with Gasteiger partial charge < -0.3 is 9.47 Å². The van der Waals surface area contributed by atoms with E-state index in [1.165, 1.54) is 12.3 Å². The van der Waals surface area contributed by atoms with E-state index < -0.39 is 0 Å². The molecule has 0 spiro atoms. The molecule has 0 amide bonds. The third-order valence-corrected chi connectivity index (χ3v) is 6.41. The zero-order valence-electron chi connectivity index (χ0n) is 20.4. The Kier molecular flexibility index (Phi) is 7.25. The fourth-order valence-corrected chi connectivity index (χ4v) is 4.33. The van der Waals surface area contributed by atoms with Crippen LogP contribution < -0.4 is 9.47 Å². The first kappa shape index (κ1) is 24.9. The molecule has 0 N–H and O–H groups in total. The van der Waals surface area contributed by atoms with Crippen LogP contribution in [0.15, 0.2) is 79.4 Å². The number of carbonyl (C=O) groups excluding carboxylic acids is 1. The molecule has 0 unspecified atom stereocenters. The van der Waals surface area contributed by atoms with Crippen molar-refractivity contribution in [1.29, 1.82) is 5.26 Å². The lowest BCUT2D eigenvalue weighted by Crippen LogP contribution is -2.03. The molecular weight excluding hydrogens is 500 g/mol. The Morgan fingerprint density at radius 3 is 2.58 bits per heavy atom. The van der Waals surface area contributed by atoms with E-state index in [-0.39, 0.29) is 13.2 Å². The maximum Gasteiger partial charge on any atom is 0.153 e. The highest BCUT2D eigenvalue weighted by molar-refractivity contribution is 6.32. The van der Waals surface area contributed by atoms with Crippen molar-refractivity contribution in [2.24, 2.45) is 0 Å². The smallest absolute Gasteiger partial charge is 0.153 e. The molecule has 0 radical (unpaired) electrons. The maximum atomic E-state index is 11.6. The van der Waals surface area contributed by atoms with Gasteiger partial charge in [-0.25, -0.2) is 0 Å². The van der Waals surface area contributed by atoms with E-state index in [0.29, 0.717) is 39.5 Å². The van der Waals surface area contributed by atoms with Crippen molar-refractivity contribution in [1.82, 2.24) is 15.0 Å². The molecule has 5 rings (SSSR count). The van der Waals surface area contributed by atoms with Gasteiger partial charge in [0, 0.05) is 36.4 Å². The van der Waals surface area contributed by atoms with Crippen LogP contribution in [0, 0.1) is 18.3 Å². The third kappa shape index (κ3) is 5.31. The van der Waals surface area contributed by atoms with Crippen molar-refractivity contribution in [2.75, 3.05) is 0 Å². The normalized spacial score (nSPS) is 10.7. The number of pyridine rings is 1. The average Bonchev–Trinajstić information content (AvgIpc) is 2.96. The standard InChI is InChI=1S/C30H21ClN4O3/c1-19-23(3-2-4-25(19)22-5-6-27-28(11-22)35-8-7-34-27)18-38-30-12-29(24(16-36)10-26(30)31)37-17-21-9-20(13-32)14-33-15-21/h2-12,14-16H,17-18H2,1H3. The largest absolute Gasteiger partial charge is 0.488 e. The Labute approximate surface area is 224 Å². The summed E-state index contributed by atoms with van der Waals surface area (Å²) in [5.41, 5.74) is 7.25. The van der Waals surface area contributed by atoms with Crippen LogP contribution in [0.25, 0.3) is 22.2 Å². The number of fused-ring (bicyclic) bond motifs is 1. The molecule has 0 aliphatic rings. The molecule has 8 heteroatoms. The van der Waals surface area contributed by atoms with Gasteiger partial charge in [0.15, 0.2) is 6.29 Å². The number of benzene rings is 3. The lowest BCUT2D eigenvalue weighted by atomic mass is 9.96.